The first-order valence-corrected chi connectivity index (χ1v) is 9.56. The molecule has 1 aliphatic carbocycles. The molecule has 140 valence electrons. The summed E-state index contributed by atoms with van der Waals surface area (Å²) < 4.78 is 21.1. The van der Waals surface area contributed by atoms with Gasteiger partial charge in [-0.1, -0.05) is 5.16 Å². The number of benzene rings is 1. The molecule has 0 spiro atoms. The van der Waals surface area contributed by atoms with E-state index in [2.05, 4.69) is 25.2 Å². The fourth-order valence-corrected chi connectivity index (χ4v) is 4.42. The van der Waals surface area contributed by atoms with Crippen LogP contribution in [0.5, 0.6) is 0 Å². The van der Waals surface area contributed by atoms with Gasteiger partial charge in [-0.05, 0) is 56.4 Å². The van der Waals surface area contributed by atoms with Crippen LogP contribution in [0.3, 0.4) is 0 Å². The lowest BCUT2D eigenvalue weighted by Crippen LogP contribution is -2.17. The van der Waals surface area contributed by atoms with E-state index in [1.165, 1.54) is 6.07 Å². The van der Waals surface area contributed by atoms with Gasteiger partial charge < -0.3 is 9.84 Å². The summed E-state index contributed by atoms with van der Waals surface area (Å²) >= 11 is 0. The molecule has 0 bridgehead atoms. The predicted molar refractivity (Wildman–Crippen MR) is 97.1 cm³/mol. The van der Waals surface area contributed by atoms with Crippen LogP contribution in [-0.4, -0.2) is 19.9 Å². The number of fused-ring (bicyclic) bond motifs is 3. The standard InChI is InChI=1S/C20H22FN5O/c1-12-8-17(25-27-12)13-2-4-14(5-3-13)20-24-23-19-11-22-10-15-9-16(21)6-7-18(15)26(19)20/h6-9,13-14,22H,2-5,10-11H2,1H3/t13-,14-. The number of rotatable bonds is 2. The lowest BCUT2D eigenvalue weighted by Gasteiger charge is -2.27. The maximum atomic E-state index is 13.7. The summed E-state index contributed by atoms with van der Waals surface area (Å²) in [6, 6.07) is 7.01. The van der Waals surface area contributed by atoms with Crippen LogP contribution in [0.2, 0.25) is 0 Å². The van der Waals surface area contributed by atoms with Gasteiger partial charge >= 0.3 is 0 Å². The van der Waals surface area contributed by atoms with Gasteiger partial charge in [-0.25, -0.2) is 4.39 Å². The number of nitrogens with one attached hydrogen (secondary N) is 1. The molecule has 0 unspecified atom stereocenters. The third-order valence-electron chi connectivity index (χ3n) is 5.79. The van der Waals surface area contributed by atoms with Gasteiger partial charge in [0, 0.05) is 24.4 Å². The van der Waals surface area contributed by atoms with Crippen LogP contribution in [0.1, 0.15) is 66.2 Å². The average Bonchev–Trinajstić information content (AvgIpc) is 3.25. The van der Waals surface area contributed by atoms with Crippen molar-refractivity contribution in [3.63, 3.8) is 0 Å². The van der Waals surface area contributed by atoms with Crippen molar-refractivity contribution in [2.45, 2.75) is 57.5 Å². The van der Waals surface area contributed by atoms with Crippen molar-refractivity contribution in [1.82, 2.24) is 25.2 Å². The van der Waals surface area contributed by atoms with Crippen LogP contribution in [-0.2, 0) is 13.1 Å². The highest BCUT2D eigenvalue weighted by Gasteiger charge is 2.30. The molecule has 5 rings (SSSR count). The Hall–Kier alpha value is -2.54. The lowest BCUT2D eigenvalue weighted by molar-refractivity contribution is 0.347. The van der Waals surface area contributed by atoms with E-state index in [0.717, 1.165) is 60.0 Å². The van der Waals surface area contributed by atoms with Crippen LogP contribution >= 0.6 is 0 Å². The number of halogens is 1. The molecular formula is C20H22FN5O. The van der Waals surface area contributed by atoms with Gasteiger partial charge in [-0.15, -0.1) is 10.2 Å². The Morgan fingerprint density at radius 1 is 1.07 bits per heavy atom. The molecule has 0 radical (unpaired) electrons. The maximum absolute atomic E-state index is 13.7. The Morgan fingerprint density at radius 2 is 1.89 bits per heavy atom. The smallest absolute Gasteiger partial charge is 0.151 e. The molecule has 0 atom stereocenters. The van der Waals surface area contributed by atoms with Crippen molar-refractivity contribution in [3.8, 4) is 5.69 Å². The minimum atomic E-state index is -0.211. The first-order chi connectivity index (χ1) is 13.2. The normalized spacial score (nSPS) is 22.1. The summed E-state index contributed by atoms with van der Waals surface area (Å²) in [7, 11) is 0. The summed E-state index contributed by atoms with van der Waals surface area (Å²) in [4.78, 5) is 0. The molecular weight excluding hydrogens is 345 g/mol. The molecule has 0 amide bonds. The highest BCUT2D eigenvalue weighted by molar-refractivity contribution is 5.44. The van der Waals surface area contributed by atoms with Crippen molar-refractivity contribution >= 4 is 0 Å². The van der Waals surface area contributed by atoms with Gasteiger partial charge in [-0.3, -0.25) is 4.57 Å². The second-order valence-corrected chi connectivity index (χ2v) is 7.60. The van der Waals surface area contributed by atoms with Crippen LogP contribution in [0.4, 0.5) is 4.39 Å². The summed E-state index contributed by atoms with van der Waals surface area (Å²) in [6.07, 6.45) is 4.21. The second kappa shape index (κ2) is 6.56. The average molecular weight is 367 g/mol. The second-order valence-electron chi connectivity index (χ2n) is 7.60. The van der Waals surface area contributed by atoms with E-state index in [1.54, 1.807) is 6.07 Å². The molecule has 3 aromatic rings. The minimum absolute atomic E-state index is 0.211. The van der Waals surface area contributed by atoms with Gasteiger partial charge in [-0.2, -0.15) is 0 Å². The number of hydrogen-bond donors (Lipinski definition) is 1. The molecule has 3 heterocycles. The monoisotopic (exact) mass is 367 g/mol. The van der Waals surface area contributed by atoms with Crippen LogP contribution in [0.15, 0.2) is 28.8 Å². The largest absolute Gasteiger partial charge is 0.361 e. The number of aromatic nitrogens is 4. The Morgan fingerprint density at radius 3 is 2.67 bits per heavy atom. The van der Waals surface area contributed by atoms with E-state index in [-0.39, 0.29) is 5.82 Å². The predicted octanol–water partition coefficient (Wildman–Crippen LogP) is 3.75. The maximum Gasteiger partial charge on any atom is 0.151 e. The van der Waals surface area contributed by atoms with Gasteiger partial charge in [0.2, 0.25) is 0 Å². The first kappa shape index (κ1) is 16.6. The van der Waals surface area contributed by atoms with Gasteiger partial charge in [0.25, 0.3) is 0 Å². The Balaban J connectivity index is 1.43. The summed E-state index contributed by atoms with van der Waals surface area (Å²) in [5.41, 5.74) is 3.00. The zero-order valence-corrected chi connectivity index (χ0v) is 15.3. The summed E-state index contributed by atoms with van der Waals surface area (Å²) in [6.45, 7) is 3.20. The van der Waals surface area contributed by atoms with Crippen LogP contribution < -0.4 is 5.32 Å². The number of aryl methyl sites for hydroxylation is 1. The molecule has 2 aromatic heterocycles. The van der Waals surface area contributed by atoms with E-state index >= 15 is 0 Å². The topological polar surface area (TPSA) is 68.8 Å². The fraction of sp³-hybridized carbons (Fsp3) is 0.450. The van der Waals surface area contributed by atoms with Crippen LogP contribution in [0, 0.1) is 12.7 Å². The first-order valence-electron chi connectivity index (χ1n) is 9.56. The molecule has 7 heteroatoms. The van der Waals surface area contributed by atoms with Crippen LogP contribution in [0.25, 0.3) is 5.69 Å². The highest BCUT2D eigenvalue weighted by Crippen LogP contribution is 2.40. The fourth-order valence-electron chi connectivity index (χ4n) is 4.42. The van der Waals surface area contributed by atoms with E-state index < -0.39 is 0 Å². The molecule has 27 heavy (non-hydrogen) atoms. The quantitative estimate of drug-likeness (QED) is 0.747. The van der Waals surface area contributed by atoms with Crippen molar-refractivity contribution < 1.29 is 8.91 Å². The third-order valence-corrected chi connectivity index (χ3v) is 5.79. The van der Waals surface area contributed by atoms with E-state index in [0.29, 0.717) is 24.9 Å². The Labute approximate surface area is 156 Å². The zero-order valence-electron chi connectivity index (χ0n) is 15.3. The van der Waals surface area contributed by atoms with Gasteiger partial charge in [0.1, 0.15) is 17.4 Å². The Bertz CT molecular complexity index is 971. The molecule has 1 saturated carbocycles. The third kappa shape index (κ3) is 2.96. The van der Waals surface area contributed by atoms with Gasteiger partial charge in [0.05, 0.1) is 17.9 Å². The van der Waals surface area contributed by atoms with Crippen molar-refractivity contribution in [3.05, 3.63) is 58.7 Å². The molecule has 1 aliphatic heterocycles. The van der Waals surface area contributed by atoms with E-state index in [9.17, 15) is 4.39 Å². The lowest BCUT2D eigenvalue weighted by atomic mass is 9.80. The van der Waals surface area contributed by atoms with E-state index in [4.69, 9.17) is 4.52 Å². The molecule has 1 aromatic carbocycles. The van der Waals surface area contributed by atoms with E-state index in [1.807, 2.05) is 19.1 Å². The summed E-state index contributed by atoms with van der Waals surface area (Å²) in [5.74, 6) is 3.35. The van der Waals surface area contributed by atoms with Crippen molar-refractivity contribution in [2.24, 2.45) is 0 Å². The van der Waals surface area contributed by atoms with Crippen molar-refractivity contribution in [2.75, 3.05) is 0 Å². The molecule has 6 nitrogen and oxygen atoms in total. The molecule has 1 fully saturated rings. The molecule has 0 saturated heterocycles. The SMILES string of the molecule is Cc1cc([C@H]2CC[C@H](c3nnc4n3-c3ccc(F)cc3CNC4)CC2)no1. The number of hydrogen-bond acceptors (Lipinski definition) is 5. The Kier molecular flexibility index (Phi) is 4.04. The zero-order chi connectivity index (χ0) is 18.4. The molecule has 2 aliphatic rings. The van der Waals surface area contributed by atoms with Crippen molar-refractivity contribution in [1.29, 1.82) is 0 Å². The minimum Gasteiger partial charge on any atom is -0.361 e. The van der Waals surface area contributed by atoms with Gasteiger partial charge in [0.15, 0.2) is 5.82 Å². The summed E-state index contributed by atoms with van der Waals surface area (Å²) in [5, 5.41) is 16.5. The number of nitrogens with zero attached hydrogens (tertiary/aromatic N) is 4. The molecule has 1 N–H and O–H groups in total. The highest BCUT2D eigenvalue weighted by atomic mass is 19.1.